The second-order valence-corrected chi connectivity index (χ2v) is 9.78. The van der Waals surface area contributed by atoms with Crippen molar-refractivity contribution in [2.75, 3.05) is 12.0 Å². The lowest BCUT2D eigenvalue weighted by atomic mass is 9.96. The molecule has 3 atom stereocenters. The Kier molecular flexibility index (Phi) is 6.78. The van der Waals surface area contributed by atoms with Crippen LogP contribution >= 0.6 is 0 Å². The lowest BCUT2D eigenvalue weighted by Gasteiger charge is -2.39. The minimum Gasteiger partial charge on any atom is -0.497 e. The van der Waals surface area contributed by atoms with E-state index in [2.05, 4.69) is 43.0 Å². The SMILES string of the molecule is COc1ccc(C2Oc3ccccc3N(Cc3cccc(CN4C(C)CCCC4C)c3)C2=O)cc1. The molecule has 0 radical (unpaired) electrons. The minimum atomic E-state index is -0.686. The summed E-state index contributed by atoms with van der Waals surface area (Å²) < 4.78 is 11.5. The number of fused-ring (bicyclic) bond motifs is 1. The molecule has 0 aliphatic carbocycles. The summed E-state index contributed by atoms with van der Waals surface area (Å²) >= 11 is 0. The van der Waals surface area contributed by atoms with Gasteiger partial charge in [0.25, 0.3) is 5.91 Å². The molecule has 2 aliphatic rings. The second kappa shape index (κ2) is 10.1. The van der Waals surface area contributed by atoms with Gasteiger partial charge in [-0.1, -0.05) is 55.0 Å². The maximum atomic E-state index is 13.7. The first-order valence-electron chi connectivity index (χ1n) is 12.6. The fourth-order valence-corrected chi connectivity index (χ4v) is 5.38. The first-order valence-corrected chi connectivity index (χ1v) is 12.6. The summed E-state index contributed by atoms with van der Waals surface area (Å²) in [6.45, 7) is 6.12. The summed E-state index contributed by atoms with van der Waals surface area (Å²) in [4.78, 5) is 18.2. The molecule has 0 spiro atoms. The number of hydrogen-bond donors (Lipinski definition) is 0. The predicted molar refractivity (Wildman–Crippen MR) is 139 cm³/mol. The van der Waals surface area contributed by atoms with Crippen molar-refractivity contribution >= 4 is 11.6 Å². The van der Waals surface area contributed by atoms with Crippen molar-refractivity contribution in [3.8, 4) is 11.5 Å². The van der Waals surface area contributed by atoms with Crippen LogP contribution in [0.15, 0.2) is 72.8 Å². The number of benzene rings is 3. The summed E-state index contributed by atoms with van der Waals surface area (Å²) in [6, 6.07) is 25.2. The zero-order valence-corrected chi connectivity index (χ0v) is 20.8. The molecule has 2 heterocycles. The van der Waals surface area contributed by atoms with Crippen molar-refractivity contribution in [3.63, 3.8) is 0 Å². The second-order valence-electron chi connectivity index (χ2n) is 9.78. The van der Waals surface area contributed by atoms with Gasteiger partial charge in [-0.15, -0.1) is 0 Å². The number of carbonyl (C=O) groups is 1. The molecule has 182 valence electrons. The van der Waals surface area contributed by atoms with Crippen LogP contribution in [0.3, 0.4) is 0 Å². The molecule has 1 fully saturated rings. The van der Waals surface area contributed by atoms with Crippen LogP contribution in [-0.2, 0) is 17.9 Å². The van der Waals surface area contributed by atoms with Crippen LogP contribution < -0.4 is 14.4 Å². The monoisotopic (exact) mass is 470 g/mol. The van der Waals surface area contributed by atoms with Gasteiger partial charge in [0.15, 0.2) is 0 Å². The van der Waals surface area contributed by atoms with Crippen molar-refractivity contribution < 1.29 is 14.3 Å². The Morgan fingerprint density at radius 3 is 2.29 bits per heavy atom. The summed E-state index contributed by atoms with van der Waals surface area (Å²) in [5, 5.41) is 0. The van der Waals surface area contributed by atoms with Gasteiger partial charge in [-0.25, -0.2) is 0 Å². The molecular weight excluding hydrogens is 436 g/mol. The number of ether oxygens (including phenoxy) is 2. The highest BCUT2D eigenvalue weighted by molar-refractivity contribution is 6.00. The fourth-order valence-electron chi connectivity index (χ4n) is 5.38. The normalized spacial score (nSPS) is 22.4. The number of para-hydroxylation sites is 2. The topological polar surface area (TPSA) is 42.0 Å². The average molecular weight is 471 g/mol. The minimum absolute atomic E-state index is 0.0578. The molecule has 1 saturated heterocycles. The van der Waals surface area contributed by atoms with Crippen LogP contribution in [0.4, 0.5) is 5.69 Å². The first kappa shape index (κ1) is 23.4. The third kappa shape index (κ3) is 4.92. The maximum Gasteiger partial charge on any atom is 0.273 e. The van der Waals surface area contributed by atoms with Crippen molar-refractivity contribution in [1.82, 2.24) is 4.90 Å². The highest BCUT2D eigenvalue weighted by Gasteiger charge is 2.35. The van der Waals surface area contributed by atoms with Gasteiger partial charge >= 0.3 is 0 Å². The Morgan fingerprint density at radius 1 is 0.886 bits per heavy atom. The number of piperidine rings is 1. The molecule has 0 saturated carbocycles. The molecule has 35 heavy (non-hydrogen) atoms. The van der Waals surface area contributed by atoms with Gasteiger partial charge in [0.1, 0.15) is 11.5 Å². The van der Waals surface area contributed by atoms with Gasteiger partial charge in [0, 0.05) is 24.2 Å². The zero-order valence-electron chi connectivity index (χ0n) is 20.8. The predicted octanol–water partition coefficient (Wildman–Crippen LogP) is 6.13. The van der Waals surface area contributed by atoms with Crippen molar-refractivity contribution in [2.45, 2.75) is 64.4 Å². The molecule has 0 N–H and O–H groups in total. The van der Waals surface area contributed by atoms with Crippen LogP contribution in [0.25, 0.3) is 0 Å². The molecule has 3 aromatic carbocycles. The zero-order chi connectivity index (χ0) is 24.4. The van der Waals surface area contributed by atoms with Gasteiger partial charge in [-0.3, -0.25) is 9.69 Å². The molecule has 3 unspecified atom stereocenters. The summed E-state index contributed by atoms with van der Waals surface area (Å²) in [5.41, 5.74) is 4.05. The number of anilines is 1. The Morgan fingerprint density at radius 2 is 1.57 bits per heavy atom. The lowest BCUT2D eigenvalue weighted by molar-refractivity contribution is -0.126. The Labute approximate surface area is 208 Å². The third-order valence-corrected chi connectivity index (χ3v) is 7.38. The van der Waals surface area contributed by atoms with Gasteiger partial charge in [-0.05, 0) is 62.1 Å². The van der Waals surface area contributed by atoms with E-state index in [0.717, 1.165) is 34.9 Å². The van der Waals surface area contributed by atoms with Crippen LogP contribution in [-0.4, -0.2) is 30.0 Å². The van der Waals surface area contributed by atoms with Crippen molar-refractivity contribution in [2.24, 2.45) is 0 Å². The lowest BCUT2D eigenvalue weighted by Crippen LogP contribution is -2.43. The van der Waals surface area contributed by atoms with Crippen molar-refractivity contribution in [1.29, 1.82) is 0 Å². The number of rotatable bonds is 6. The summed E-state index contributed by atoms with van der Waals surface area (Å²) in [5.74, 6) is 1.42. The highest BCUT2D eigenvalue weighted by atomic mass is 16.5. The first-order chi connectivity index (χ1) is 17.0. The van der Waals surface area contributed by atoms with Gasteiger partial charge in [-0.2, -0.15) is 0 Å². The van der Waals surface area contributed by atoms with E-state index >= 15 is 0 Å². The Hall–Kier alpha value is -3.31. The van der Waals surface area contributed by atoms with E-state index in [1.165, 1.54) is 24.8 Å². The van der Waals surface area contributed by atoms with Gasteiger partial charge in [0.05, 0.1) is 19.3 Å². The molecule has 2 aliphatic heterocycles. The number of carbonyl (C=O) groups excluding carboxylic acids is 1. The van der Waals surface area contributed by atoms with Crippen LogP contribution in [0, 0.1) is 0 Å². The molecule has 5 rings (SSSR count). The van der Waals surface area contributed by atoms with E-state index < -0.39 is 6.10 Å². The molecule has 5 nitrogen and oxygen atoms in total. The van der Waals surface area contributed by atoms with E-state index in [9.17, 15) is 4.79 Å². The van der Waals surface area contributed by atoms with Crippen molar-refractivity contribution in [3.05, 3.63) is 89.5 Å². The van der Waals surface area contributed by atoms with Crippen LogP contribution in [0.1, 0.15) is 55.9 Å². The van der Waals surface area contributed by atoms with E-state index in [1.807, 2.05) is 53.4 Å². The summed E-state index contributed by atoms with van der Waals surface area (Å²) in [6.07, 6.45) is 3.15. The Balaban J connectivity index is 1.40. The number of hydrogen-bond acceptors (Lipinski definition) is 4. The third-order valence-electron chi connectivity index (χ3n) is 7.38. The highest BCUT2D eigenvalue weighted by Crippen LogP contribution is 2.40. The number of nitrogens with zero attached hydrogens (tertiary/aromatic N) is 2. The molecule has 5 heteroatoms. The van der Waals surface area contributed by atoms with Crippen LogP contribution in [0.2, 0.25) is 0 Å². The average Bonchev–Trinajstić information content (AvgIpc) is 2.88. The molecule has 0 bridgehead atoms. The number of methoxy groups -OCH3 is 1. The molecule has 1 amide bonds. The largest absolute Gasteiger partial charge is 0.497 e. The number of amides is 1. The van der Waals surface area contributed by atoms with E-state index in [0.29, 0.717) is 18.6 Å². The smallest absolute Gasteiger partial charge is 0.273 e. The Bertz CT molecular complexity index is 1170. The molecule has 3 aromatic rings. The maximum absolute atomic E-state index is 13.7. The summed E-state index contributed by atoms with van der Waals surface area (Å²) in [7, 11) is 1.63. The van der Waals surface area contributed by atoms with E-state index in [1.54, 1.807) is 7.11 Å². The van der Waals surface area contributed by atoms with Gasteiger partial charge < -0.3 is 14.4 Å². The van der Waals surface area contributed by atoms with Gasteiger partial charge in [0.2, 0.25) is 6.10 Å². The number of likely N-dealkylation sites (tertiary alicyclic amines) is 1. The van der Waals surface area contributed by atoms with Crippen LogP contribution in [0.5, 0.6) is 11.5 Å². The van der Waals surface area contributed by atoms with E-state index in [4.69, 9.17) is 9.47 Å². The standard InChI is InChI=1S/C30H34N2O3/c1-21-8-6-9-22(2)31(21)19-23-10-7-11-24(18-23)20-32-27-12-4-5-13-28(27)35-29(30(32)33)25-14-16-26(34-3)17-15-25/h4-5,7,10-18,21-22,29H,6,8-9,19-20H2,1-3H3. The quantitative estimate of drug-likeness (QED) is 0.435. The van der Waals surface area contributed by atoms with E-state index in [-0.39, 0.29) is 5.91 Å². The molecular formula is C30H34N2O3. The fraction of sp³-hybridized carbons (Fsp3) is 0.367. The molecule has 0 aromatic heterocycles.